The fraction of sp³-hybridized carbons (Fsp3) is 0.933. The highest BCUT2D eigenvalue weighted by molar-refractivity contribution is 9.09. The van der Waals surface area contributed by atoms with Gasteiger partial charge in [0.05, 0.1) is 17.8 Å². The average Bonchev–Trinajstić information content (AvgIpc) is 3.01. The average molecular weight is 540 g/mol. The molecule has 4 unspecified atom stereocenters. The minimum atomic E-state index is -0.839. The summed E-state index contributed by atoms with van der Waals surface area (Å²) in [6, 6.07) is 0. The van der Waals surface area contributed by atoms with Crippen molar-refractivity contribution in [2.75, 3.05) is 0 Å². The van der Waals surface area contributed by atoms with Crippen molar-refractivity contribution in [1.82, 2.24) is 0 Å². The van der Waals surface area contributed by atoms with Crippen LogP contribution in [0, 0.1) is 39.4 Å². The summed E-state index contributed by atoms with van der Waals surface area (Å²) in [5.41, 5.74) is 3.28. The van der Waals surface area contributed by atoms with Crippen LogP contribution in [-0.4, -0.2) is 38.0 Å². The van der Waals surface area contributed by atoms with Crippen LogP contribution in [0.5, 0.6) is 0 Å². The Morgan fingerprint density at radius 2 is 1.62 bits per heavy atom. The van der Waals surface area contributed by atoms with Gasteiger partial charge in [-0.25, -0.2) is 0 Å². The molecule has 0 aliphatic heterocycles. The zero-order chi connectivity index (χ0) is 25.5. The van der Waals surface area contributed by atoms with Gasteiger partial charge in [-0.1, -0.05) is 68.6 Å². The second-order valence-electron chi connectivity index (χ2n) is 14.5. The molecule has 0 bridgehead atoms. The lowest BCUT2D eigenvalue weighted by atomic mass is 9.43. The summed E-state index contributed by atoms with van der Waals surface area (Å²) in [6.45, 7) is 18.1. The number of alkyl halides is 1. The van der Waals surface area contributed by atoms with Crippen molar-refractivity contribution < 1.29 is 15.3 Å². The number of rotatable bonds is 5. The highest BCUT2D eigenvalue weighted by Crippen LogP contribution is 2.72. The summed E-state index contributed by atoms with van der Waals surface area (Å²) in [5.74, 6) is 1.27. The fourth-order valence-electron chi connectivity index (χ4n) is 9.54. The third-order valence-corrected chi connectivity index (χ3v) is 13.7. The maximum atomic E-state index is 11.2. The Labute approximate surface area is 217 Å². The van der Waals surface area contributed by atoms with Crippen molar-refractivity contribution in [2.45, 2.75) is 136 Å². The minimum Gasteiger partial charge on any atom is -0.393 e. The van der Waals surface area contributed by atoms with Gasteiger partial charge in [-0.2, -0.15) is 0 Å². The molecule has 0 aromatic rings. The number of hydrogen-bond donors (Lipinski definition) is 3. The van der Waals surface area contributed by atoms with Crippen LogP contribution in [0.25, 0.3) is 0 Å². The van der Waals surface area contributed by atoms with Crippen LogP contribution in [0.1, 0.15) is 113 Å². The second kappa shape index (κ2) is 8.57. The zero-order valence-electron chi connectivity index (χ0n) is 23.0. The molecule has 3 nitrogen and oxygen atoms in total. The molecule has 0 saturated heterocycles. The van der Waals surface area contributed by atoms with Crippen LogP contribution in [0.3, 0.4) is 0 Å². The summed E-state index contributed by atoms with van der Waals surface area (Å²) in [7, 11) is 0. The van der Waals surface area contributed by atoms with E-state index in [0.29, 0.717) is 18.3 Å². The predicted octanol–water partition coefficient (Wildman–Crippen LogP) is 7.02. The molecule has 2 fully saturated rings. The molecule has 0 radical (unpaired) electrons. The summed E-state index contributed by atoms with van der Waals surface area (Å²) in [4.78, 5) is -0.112. The second-order valence-corrected chi connectivity index (χ2v) is 15.6. The van der Waals surface area contributed by atoms with Crippen LogP contribution in [-0.2, 0) is 0 Å². The Hall–Kier alpha value is 0.100. The van der Waals surface area contributed by atoms with Gasteiger partial charge in [0.25, 0.3) is 0 Å². The summed E-state index contributed by atoms with van der Waals surface area (Å²) < 4.78 is 0. The van der Waals surface area contributed by atoms with Gasteiger partial charge >= 0.3 is 0 Å². The molecule has 0 aromatic carbocycles. The van der Waals surface area contributed by atoms with E-state index in [4.69, 9.17) is 0 Å². The first kappa shape index (κ1) is 27.1. The van der Waals surface area contributed by atoms with Gasteiger partial charge in [-0.3, -0.25) is 0 Å². The van der Waals surface area contributed by atoms with Gasteiger partial charge in [0.15, 0.2) is 0 Å². The Morgan fingerprint density at radius 3 is 2.24 bits per heavy atom. The molecule has 0 amide bonds. The smallest absolute Gasteiger partial charge is 0.0717 e. The Bertz CT molecular complexity index is 827. The standard InChI is InChI=1S/C30H51BrO3/c1-18(22(32)17-24(31)27(4,5)34)19-11-15-30(8)21-9-10-23-26(2,3)25(33)13-14-28(23,6)20(21)12-16-29(19,30)7/h18-19,22-25,32-34H,9-17H2,1-8H3/t18-,19?,22?,23?,24?,25-,28+,29+,30-/m0/s1. The number of halogens is 1. The van der Waals surface area contributed by atoms with Crippen molar-refractivity contribution in [3.05, 3.63) is 11.1 Å². The number of aliphatic hydroxyl groups is 3. The largest absolute Gasteiger partial charge is 0.393 e. The van der Waals surface area contributed by atoms with E-state index in [1.165, 1.54) is 38.5 Å². The maximum absolute atomic E-state index is 11.2. The highest BCUT2D eigenvalue weighted by atomic mass is 79.9. The van der Waals surface area contributed by atoms with Crippen LogP contribution < -0.4 is 0 Å². The molecule has 4 rings (SSSR count). The third kappa shape index (κ3) is 3.82. The van der Waals surface area contributed by atoms with Gasteiger partial charge in [-0.15, -0.1) is 0 Å². The monoisotopic (exact) mass is 538 g/mol. The van der Waals surface area contributed by atoms with Gasteiger partial charge in [0.1, 0.15) is 0 Å². The summed E-state index contributed by atoms with van der Waals surface area (Å²) in [5, 5.41) is 32.4. The molecular weight excluding hydrogens is 488 g/mol. The maximum Gasteiger partial charge on any atom is 0.0717 e. The van der Waals surface area contributed by atoms with Gasteiger partial charge in [0.2, 0.25) is 0 Å². The first-order valence-corrected chi connectivity index (χ1v) is 14.9. The molecule has 0 aromatic heterocycles. The number of fused-ring (bicyclic) bond motifs is 4. The van der Waals surface area contributed by atoms with E-state index in [1.54, 1.807) is 11.1 Å². The molecular formula is C30H51BrO3. The SMILES string of the molecule is C[C@H](C(O)CC(Br)C(C)(C)O)C1CC[C@@]2(C)C3=C(CC[C@]12C)[C@@]1(C)CC[C@H](O)C(C)(C)C1CC3. The van der Waals surface area contributed by atoms with Crippen molar-refractivity contribution in [3.63, 3.8) is 0 Å². The van der Waals surface area contributed by atoms with Crippen LogP contribution in [0.2, 0.25) is 0 Å². The van der Waals surface area contributed by atoms with Crippen molar-refractivity contribution >= 4 is 15.9 Å². The van der Waals surface area contributed by atoms with E-state index >= 15 is 0 Å². The van der Waals surface area contributed by atoms with Crippen LogP contribution in [0.4, 0.5) is 0 Å². The lowest BCUT2D eigenvalue weighted by Crippen LogP contribution is -2.55. The number of allylic oxidation sites excluding steroid dienone is 2. The Morgan fingerprint density at radius 1 is 0.971 bits per heavy atom. The molecule has 9 atom stereocenters. The number of aliphatic hydroxyl groups excluding tert-OH is 2. The molecule has 4 aliphatic carbocycles. The van der Waals surface area contributed by atoms with E-state index in [9.17, 15) is 15.3 Å². The molecule has 3 N–H and O–H groups in total. The van der Waals surface area contributed by atoms with E-state index in [1.807, 2.05) is 13.8 Å². The quantitative estimate of drug-likeness (QED) is 0.260. The van der Waals surface area contributed by atoms with E-state index in [-0.39, 0.29) is 38.5 Å². The van der Waals surface area contributed by atoms with Gasteiger partial charge in [0, 0.05) is 4.83 Å². The van der Waals surface area contributed by atoms with Crippen molar-refractivity contribution in [1.29, 1.82) is 0 Å². The van der Waals surface area contributed by atoms with Crippen molar-refractivity contribution in [2.24, 2.45) is 39.4 Å². The molecule has 0 spiro atoms. The summed E-state index contributed by atoms with van der Waals surface area (Å²) in [6.07, 6.45) is 9.21. The normalized spacial score (nSPS) is 44.6. The lowest BCUT2D eigenvalue weighted by molar-refractivity contribution is -0.0971. The topological polar surface area (TPSA) is 60.7 Å². The van der Waals surface area contributed by atoms with Crippen molar-refractivity contribution in [3.8, 4) is 0 Å². The molecule has 196 valence electrons. The van der Waals surface area contributed by atoms with Crippen LogP contribution >= 0.6 is 15.9 Å². The van der Waals surface area contributed by atoms with Gasteiger partial charge in [-0.05, 0) is 111 Å². The first-order valence-electron chi connectivity index (χ1n) is 14.0. The van der Waals surface area contributed by atoms with Gasteiger partial charge < -0.3 is 15.3 Å². The molecule has 4 heteroatoms. The summed E-state index contributed by atoms with van der Waals surface area (Å²) >= 11 is 3.63. The Balaban J connectivity index is 1.63. The van der Waals surface area contributed by atoms with E-state index in [2.05, 4.69) is 57.5 Å². The lowest BCUT2D eigenvalue weighted by Gasteiger charge is -2.62. The van der Waals surface area contributed by atoms with E-state index in [0.717, 1.165) is 12.8 Å². The number of hydrogen-bond acceptors (Lipinski definition) is 3. The first-order chi connectivity index (χ1) is 15.5. The minimum absolute atomic E-state index is 0.0171. The van der Waals surface area contributed by atoms with E-state index < -0.39 is 11.7 Å². The fourth-order valence-corrected chi connectivity index (χ4v) is 9.93. The molecule has 0 heterocycles. The molecule has 4 aliphatic rings. The zero-order valence-corrected chi connectivity index (χ0v) is 24.6. The molecule has 2 saturated carbocycles. The highest BCUT2D eigenvalue weighted by Gasteiger charge is 2.63. The molecule has 34 heavy (non-hydrogen) atoms. The van der Waals surface area contributed by atoms with Crippen LogP contribution in [0.15, 0.2) is 11.1 Å². The Kier molecular flexibility index (Phi) is 6.84. The third-order valence-electron chi connectivity index (χ3n) is 12.3. The predicted molar refractivity (Wildman–Crippen MR) is 144 cm³/mol.